The largest absolute Gasteiger partial charge is 0.481 e. The molecule has 0 aliphatic rings. The standard InChI is InChI=1S/C29H35IN2O2S2/c1-5-9-28(31(16-15-29(33)34)20-23-10-7-6-8-11-23)35-27(18-21(2)3)22(4)24-12-13-26-25(19-24)14-17-32(26)36-30/h6-14,17,19,21H,5,15-16,18,20H2,1-4H3,(H,33,34)/b27-22+,28-9+. The van der Waals surface area contributed by atoms with Crippen LogP contribution in [0.25, 0.3) is 16.5 Å². The minimum atomic E-state index is -0.770. The van der Waals surface area contributed by atoms with Gasteiger partial charge in [-0.1, -0.05) is 75.0 Å². The van der Waals surface area contributed by atoms with Crippen molar-refractivity contribution in [3.63, 3.8) is 0 Å². The van der Waals surface area contributed by atoms with E-state index in [1.807, 2.05) is 18.2 Å². The molecule has 1 N–H and O–H groups in total. The van der Waals surface area contributed by atoms with E-state index in [1.54, 1.807) is 20.9 Å². The Hall–Kier alpha value is -1.84. The van der Waals surface area contributed by atoms with Gasteiger partial charge in [-0.2, -0.15) is 0 Å². The van der Waals surface area contributed by atoms with Gasteiger partial charge in [-0.15, -0.1) is 0 Å². The fourth-order valence-electron chi connectivity index (χ4n) is 4.05. The van der Waals surface area contributed by atoms with E-state index in [1.165, 1.54) is 32.5 Å². The number of carbonyl (C=O) groups is 1. The van der Waals surface area contributed by atoms with Crippen LogP contribution in [0, 0.1) is 5.92 Å². The van der Waals surface area contributed by atoms with Gasteiger partial charge >= 0.3 is 5.97 Å². The lowest BCUT2D eigenvalue weighted by Gasteiger charge is -2.28. The zero-order valence-electron chi connectivity index (χ0n) is 21.4. The lowest BCUT2D eigenvalue weighted by Crippen LogP contribution is -2.24. The molecule has 192 valence electrons. The molecule has 0 amide bonds. The summed E-state index contributed by atoms with van der Waals surface area (Å²) in [5.74, 6) is -0.264. The van der Waals surface area contributed by atoms with Gasteiger partial charge in [0.15, 0.2) is 0 Å². The fraction of sp³-hybridized carbons (Fsp3) is 0.345. The SMILES string of the molecule is CC/C=C(/S/C(CC(C)C)=C(\C)c1ccc2c(ccn2SI)c1)N(CCC(=O)O)Cc1ccccc1. The Kier molecular flexibility index (Phi) is 11.3. The van der Waals surface area contributed by atoms with Gasteiger partial charge < -0.3 is 10.0 Å². The Morgan fingerprint density at radius 2 is 1.92 bits per heavy atom. The summed E-state index contributed by atoms with van der Waals surface area (Å²) in [6, 6.07) is 19.2. The predicted molar refractivity (Wildman–Crippen MR) is 166 cm³/mol. The second kappa shape index (κ2) is 14.2. The van der Waals surface area contributed by atoms with E-state index in [-0.39, 0.29) is 6.42 Å². The van der Waals surface area contributed by atoms with Crippen molar-refractivity contribution < 1.29 is 9.90 Å². The first-order valence-electron chi connectivity index (χ1n) is 12.3. The smallest absolute Gasteiger partial charge is 0.305 e. The Bertz CT molecular complexity index is 1220. The molecule has 3 rings (SSSR count). The normalized spacial score (nSPS) is 12.8. The number of rotatable bonds is 13. The Balaban J connectivity index is 1.98. The van der Waals surface area contributed by atoms with E-state index < -0.39 is 5.97 Å². The Labute approximate surface area is 235 Å². The molecule has 1 aromatic heterocycles. The highest BCUT2D eigenvalue weighted by Crippen LogP contribution is 2.39. The number of aromatic nitrogens is 1. The molecule has 0 aliphatic carbocycles. The van der Waals surface area contributed by atoms with Gasteiger partial charge in [-0.3, -0.25) is 8.77 Å². The first-order valence-corrected chi connectivity index (χ1v) is 16.4. The van der Waals surface area contributed by atoms with E-state index in [4.69, 9.17) is 0 Å². The first kappa shape index (κ1) is 28.7. The van der Waals surface area contributed by atoms with Gasteiger partial charge in [0.1, 0.15) is 0 Å². The van der Waals surface area contributed by atoms with Crippen LogP contribution >= 0.6 is 42.1 Å². The van der Waals surface area contributed by atoms with Crippen LogP contribution < -0.4 is 0 Å². The first-order chi connectivity index (χ1) is 17.3. The van der Waals surface area contributed by atoms with Gasteiger partial charge in [0, 0.05) is 55.0 Å². The minimum Gasteiger partial charge on any atom is -0.481 e. The Morgan fingerprint density at radius 1 is 1.17 bits per heavy atom. The molecule has 0 radical (unpaired) electrons. The molecule has 0 saturated carbocycles. The van der Waals surface area contributed by atoms with Crippen LogP contribution in [0.4, 0.5) is 0 Å². The number of carboxylic acid groups (broad SMARTS) is 1. The second-order valence-electron chi connectivity index (χ2n) is 9.23. The number of thioether (sulfide) groups is 1. The summed E-state index contributed by atoms with van der Waals surface area (Å²) in [5.41, 5.74) is 4.92. The molecular formula is C29H35IN2O2S2. The van der Waals surface area contributed by atoms with Crippen LogP contribution in [0.15, 0.2) is 76.8 Å². The molecule has 0 unspecified atom stereocenters. The molecule has 0 saturated heterocycles. The van der Waals surface area contributed by atoms with E-state index >= 15 is 0 Å². The number of benzene rings is 2. The van der Waals surface area contributed by atoms with Crippen LogP contribution in [0.1, 0.15) is 58.1 Å². The zero-order chi connectivity index (χ0) is 26.1. The number of carboxylic acids is 1. The van der Waals surface area contributed by atoms with Crippen molar-refractivity contribution in [1.29, 1.82) is 0 Å². The molecule has 0 aliphatic heterocycles. The number of halogens is 1. The monoisotopic (exact) mass is 634 g/mol. The molecule has 36 heavy (non-hydrogen) atoms. The van der Waals surface area contributed by atoms with Crippen LogP contribution in [0.2, 0.25) is 0 Å². The van der Waals surface area contributed by atoms with Crippen molar-refractivity contribution in [3.8, 4) is 0 Å². The third kappa shape index (κ3) is 8.08. The summed E-state index contributed by atoms with van der Waals surface area (Å²) in [7, 11) is 1.67. The molecule has 3 aromatic rings. The number of hydrogen-bond acceptors (Lipinski definition) is 4. The second-order valence-corrected chi connectivity index (χ2v) is 12.1. The van der Waals surface area contributed by atoms with Crippen molar-refractivity contribution in [2.45, 2.75) is 53.5 Å². The third-order valence-corrected chi connectivity index (χ3v) is 9.00. The van der Waals surface area contributed by atoms with Crippen LogP contribution in [-0.2, 0) is 11.3 Å². The number of aliphatic carboxylic acids is 1. The summed E-state index contributed by atoms with van der Waals surface area (Å²) in [4.78, 5) is 15.0. The summed E-state index contributed by atoms with van der Waals surface area (Å²) >= 11 is 4.11. The van der Waals surface area contributed by atoms with Crippen molar-refractivity contribution in [2.75, 3.05) is 6.54 Å². The molecule has 0 bridgehead atoms. The van der Waals surface area contributed by atoms with Crippen molar-refractivity contribution in [1.82, 2.24) is 8.87 Å². The van der Waals surface area contributed by atoms with Crippen LogP contribution in [-0.4, -0.2) is 26.5 Å². The van der Waals surface area contributed by atoms with Crippen molar-refractivity contribution >= 4 is 64.5 Å². The minimum absolute atomic E-state index is 0.110. The summed E-state index contributed by atoms with van der Waals surface area (Å²) < 4.78 is 2.18. The number of allylic oxidation sites excluding steroid dienone is 3. The fourth-order valence-corrected chi connectivity index (χ4v) is 6.90. The maximum absolute atomic E-state index is 11.5. The summed E-state index contributed by atoms with van der Waals surface area (Å²) in [6.45, 7) is 10.0. The quantitative estimate of drug-likeness (QED) is 0.190. The molecule has 0 spiro atoms. The van der Waals surface area contributed by atoms with Gasteiger partial charge in [0.05, 0.1) is 17.0 Å². The third-order valence-electron chi connectivity index (χ3n) is 5.90. The lowest BCUT2D eigenvalue weighted by atomic mass is 10.0. The highest BCUT2D eigenvalue weighted by molar-refractivity contribution is 14.2. The van der Waals surface area contributed by atoms with Crippen molar-refractivity contribution in [2.24, 2.45) is 5.92 Å². The van der Waals surface area contributed by atoms with Crippen LogP contribution in [0.3, 0.4) is 0 Å². The molecule has 0 fully saturated rings. The molecule has 0 atom stereocenters. The van der Waals surface area contributed by atoms with Gasteiger partial charge in [-0.25, -0.2) is 0 Å². The number of hydrogen-bond donors (Lipinski definition) is 1. The molecule has 4 nitrogen and oxygen atoms in total. The van der Waals surface area contributed by atoms with Gasteiger partial charge in [-0.05, 0) is 65.5 Å². The number of nitrogens with zero attached hydrogens (tertiary/aromatic N) is 2. The topological polar surface area (TPSA) is 45.5 Å². The average Bonchev–Trinajstić information content (AvgIpc) is 3.28. The van der Waals surface area contributed by atoms with Gasteiger partial charge in [0.2, 0.25) is 0 Å². The molecule has 2 aromatic carbocycles. The lowest BCUT2D eigenvalue weighted by molar-refractivity contribution is -0.137. The zero-order valence-corrected chi connectivity index (χ0v) is 25.2. The van der Waals surface area contributed by atoms with E-state index in [2.05, 4.69) is 106 Å². The highest BCUT2D eigenvalue weighted by Gasteiger charge is 2.18. The highest BCUT2D eigenvalue weighted by atomic mass is 127. The molecule has 7 heteroatoms. The van der Waals surface area contributed by atoms with E-state index in [0.29, 0.717) is 19.0 Å². The van der Waals surface area contributed by atoms with E-state index in [0.717, 1.165) is 17.9 Å². The number of fused-ring (bicyclic) bond motifs is 1. The maximum atomic E-state index is 11.5. The maximum Gasteiger partial charge on any atom is 0.305 e. The predicted octanol–water partition coefficient (Wildman–Crippen LogP) is 9.23. The Morgan fingerprint density at radius 3 is 2.56 bits per heavy atom. The van der Waals surface area contributed by atoms with Gasteiger partial charge in [0.25, 0.3) is 0 Å². The molecular weight excluding hydrogens is 599 g/mol. The van der Waals surface area contributed by atoms with Crippen LogP contribution in [0.5, 0.6) is 0 Å². The summed E-state index contributed by atoms with van der Waals surface area (Å²) in [6.07, 6.45) is 6.32. The molecule has 1 heterocycles. The van der Waals surface area contributed by atoms with Crippen molar-refractivity contribution in [3.05, 3.63) is 87.9 Å². The average molecular weight is 635 g/mol. The summed E-state index contributed by atoms with van der Waals surface area (Å²) in [5, 5.41) is 11.8. The van der Waals surface area contributed by atoms with E-state index in [9.17, 15) is 9.90 Å².